The summed E-state index contributed by atoms with van der Waals surface area (Å²) in [7, 11) is 0. The number of carbonyl (C=O) groups excluding carboxylic acids is 2. The lowest BCUT2D eigenvalue weighted by Crippen LogP contribution is -2.32. The molecule has 0 bridgehead atoms. The molecular weight excluding hydrogens is 512 g/mol. The Morgan fingerprint density at radius 2 is 1.35 bits per heavy atom. The topological polar surface area (TPSA) is 116 Å². The number of fused-ring (bicyclic) bond motifs is 5. The normalized spacial score (nSPS) is 12.3. The Labute approximate surface area is 235 Å². The fourth-order valence-corrected chi connectivity index (χ4v) is 4.56. The molecule has 0 saturated carbocycles. The zero-order chi connectivity index (χ0) is 28.0. The van der Waals surface area contributed by atoms with E-state index < -0.39 is 0 Å². The molecule has 3 aromatic rings. The van der Waals surface area contributed by atoms with Crippen LogP contribution < -0.4 is 4.90 Å². The number of H-pyrrole nitrogens is 1. The smallest absolute Gasteiger partial charge is 0.227 e. The molecule has 1 amide bonds. The number of hydrogen-bond acceptors (Lipinski definition) is 8. The number of carbonyl (C=O) groups is 2. The van der Waals surface area contributed by atoms with E-state index in [1.54, 1.807) is 4.90 Å². The van der Waals surface area contributed by atoms with Crippen LogP contribution >= 0.6 is 0 Å². The number of rotatable bonds is 17. The molecule has 2 heterocycles. The molecule has 0 fully saturated rings. The van der Waals surface area contributed by atoms with Gasteiger partial charge in [-0.1, -0.05) is 42.5 Å². The minimum Gasteiger partial charge on any atom is -0.379 e. The highest BCUT2D eigenvalue weighted by atomic mass is 16.6. The molecule has 1 aromatic heterocycles. The largest absolute Gasteiger partial charge is 0.379 e. The minimum atomic E-state index is -0.0992. The Kier molecular flexibility index (Phi) is 11.8. The highest BCUT2D eigenvalue weighted by Gasteiger charge is 2.27. The number of aromatic nitrogens is 3. The molecule has 2 aromatic carbocycles. The van der Waals surface area contributed by atoms with Crippen LogP contribution in [-0.4, -0.2) is 80.0 Å². The van der Waals surface area contributed by atoms with E-state index in [9.17, 15) is 9.59 Å². The van der Waals surface area contributed by atoms with Gasteiger partial charge in [-0.15, -0.1) is 0 Å². The van der Waals surface area contributed by atoms with E-state index in [0.717, 1.165) is 28.1 Å². The molecule has 4 rings (SSSR count). The molecule has 10 heteroatoms. The van der Waals surface area contributed by atoms with Crippen molar-refractivity contribution >= 4 is 17.4 Å². The van der Waals surface area contributed by atoms with Crippen LogP contribution in [0.25, 0.3) is 22.5 Å². The highest BCUT2D eigenvalue weighted by Crippen LogP contribution is 2.39. The molecule has 0 saturated heterocycles. The van der Waals surface area contributed by atoms with Crippen LogP contribution in [0.3, 0.4) is 0 Å². The summed E-state index contributed by atoms with van der Waals surface area (Å²) in [4.78, 5) is 27.7. The predicted octanol–water partition coefficient (Wildman–Crippen LogP) is 4.20. The number of benzene rings is 2. The molecule has 1 aliphatic rings. The first-order chi connectivity index (χ1) is 19.7. The lowest BCUT2D eigenvalue weighted by Gasteiger charge is -2.28. The molecule has 1 aliphatic heterocycles. The Morgan fingerprint density at radius 1 is 0.750 bits per heavy atom. The van der Waals surface area contributed by atoms with Crippen molar-refractivity contribution in [1.29, 1.82) is 0 Å². The predicted molar refractivity (Wildman–Crippen MR) is 151 cm³/mol. The third kappa shape index (κ3) is 8.28. The van der Waals surface area contributed by atoms with Crippen molar-refractivity contribution < 1.29 is 28.5 Å². The quantitative estimate of drug-likeness (QED) is 0.249. The van der Waals surface area contributed by atoms with Crippen LogP contribution in [0, 0.1) is 0 Å². The van der Waals surface area contributed by atoms with Gasteiger partial charge in [-0.3, -0.25) is 9.59 Å². The SMILES string of the molecule is CCOCCOCCOCCOCCCC(=O)CCC(=O)N1Cc2ccccc2-c2n[nH]nc2-c2ccccc21. The summed E-state index contributed by atoms with van der Waals surface area (Å²) >= 11 is 0. The summed E-state index contributed by atoms with van der Waals surface area (Å²) in [5, 5.41) is 11.5. The van der Waals surface area contributed by atoms with E-state index >= 15 is 0 Å². The van der Waals surface area contributed by atoms with Gasteiger partial charge in [0.2, 0.25) is 5.91 Å². The van der Waals surface area contributed by atoms with Crippen molar-refractivity contribution in [3.63, 3.8) is 0 Å². The van der Waals surface area contributed by atoms with E-state index in [1.807, 2.05) is 55.5 Å². The number of ketones is 1. The molecule has 0 unspecified atom stereocenters. The number of Topliss-reactive ketones (excluding diaryl/α,β-unsaturated/α-hetero) is 1. The average molecular weight is 551 g/mol. The summed E-state index contributed by atoms with van der Waals surface area (Å²) < 4.78 is 21.6. The van der Waals surface area contributed by atoms with Crippen LogP contribution in [0.15, 0.2) is 48.5 Å². The third-order valence-electron chi connectivity index (χ3n) is 6.58. The van der Waals surface area contributed by atoms with E-state index in [4.69, 9.17) is 18.9 Å². The zero-order valence-corrected chi connectivity index (χ0v) is 23.1. The standard InChI is InChI=1S/C30H38N4O6/c1-2-37-16-17-39-20-21-40-19-18-38-15-7-9-24(35)13-14-28(36)34-22-23-8-3-4-10-25(23)29-30(32-33-31-29)26-11-5-6-12-27(26)34/h3-6,8,10-12H,2,7,9,13-22H2,1H3,(H,31,32,33). The van der Waals surface area contributed by atoms with Crippen LogP contribution in [-0.2, 0) is 35.1 Å². The first-order valence-corrected chi connectivity index (χ1v) is 13.9. The van der Waals surface area contributed by atoms with Gasteiger partial charge in [0.05, 0.1) is 51.9 Å². The lowest BCUT2D eigenvalue weighted by atomic mass is 9.95. The summed E-state index contributed by atoms with van der Waals surface area (Å²) in [6.45, 7) is 6.65. The Balaban J connectivity index is 1.20. The summed E-state index contributed by atoms with van der Waals surface area (Å²) in [6, 6.07) is 15.6. The number of aromatic amines is 1. The lowest BCUT2D eigenvalue weighted by molar-refractivity contribution is -0.124. The van der Waals surface area contributed by atoms with Gasteiger partial charge < -0.3 is 23.8 Å². The Bertz CT molecular complexity index is 1230. The second kappa shape index (κ2) is 16.0. The second-order valence-corrected chi connectivity index (χ2v) is 9.35. The number of nitrogens with one attached hydrogen (secondary N) is 1. The van der Waals surface area contributed by atoms with Crippen molar-refractivity contribution in [3.05, 3.63) is 54.1 Å². The minimum absolute atomic E-state index is 0.0527. The molecule has 40 heavy (non-hydrogen) atoms. The van der Waals surface area contributed by atoms with Crippen molar-refractivity contribution in [2.75, 3.05) is 57.8 Å². The van der Waals surface area contributed by atoms with Gasteiger partial charge in [0.25, 0.3) is 0 Å². The average Bonchev–Trinajstić information content (AvgIpc) is 3.46. The number of anilines is 1. The van der Waals surface area contributed by atoms with Crippen molar-refractivity contribution in [2.24, 2.45) is 0 Å². The molecule has 0 spiro atoms. The summed E-state index contributed by atoms with van der Waals surface area (Å²) in [5.74, 6) is -0.0465. The molecule has 0 atom stereocenters. The number of hydrogen-bond donors (Lipinski definition) is 1. The van der Waals surface area contributed by atoms with Crippen molar-refractivity contribution in [2.45, 2.75) is 39.2 Å². The van der Waals surface area contributed by atoms with Crippen LogP contribution in [0.4, 0.5) is 5.69 Å². The van der Waals surface area contributed by atoms with Gasteiger partial charge in [-0.05, 0) is 25.0 Å². The zero-order valence-electron chi connectivity index (χ0n) is 23.1. The highest BCUT2D eigenvalue weighted by molar-refractivity contribution is 6.01. The van der Waals surface area contributed by atoms with Gasteiger partial charge >= 0.3 is 0 Å². The van der Waals surface area contributed by atoms with Crippen molar-refractivity contribution in [3.8, 4) is 22.5 Å². The van der Waals surface area contributed by atoms with Gasteiger partial charge in [-0.25, -0.2) is 0 Å². The molecule has 0 aliphatic carbocycles. The van der Waals surface area contributed by atoms with Gasteiger partial charge in [0, 0.05) is 43.6 Å². The second-order valence-electron chi connectivity index (χ2n) is 9.35. The Morgan fingerprint density at radius 3 is 2.08 bits per heavy atom. The fourth-order valence-electron chi connectivity index (χ4n) is 4.56. The van der Waals surface area contributed by atoms with Gasteiger partial charge in [0.15, 0.2) is 0 Å². The van der Waals surface area contributed by atoms with E-state index in [2.05, 4.69) is 15.4 Å². The molecule has 10 nitrogen and oxygen atoms in total. The number of ether oxygens (including phenoxy) is 4. The third-order valence-corrected chi connectivity index (χ3v) is 6.58. The van der Waals surface area contributed by atoms with E-state index in [1.165, 1.54) is 0 Å². The Hall–Kier alpha value is -3.44. The first kappa shape index (κ1) is 29.5. The summed E-state index contributed by atoms with van der Waals surface area (Å²) in [6.07, 6.45) is 1.33. The monoisotopic (exact) mass is 550 g/mol. The molecule has 1 N–H and O–H groups in total. The number of para-hydroxylation sites is 1. The molecule has 0 radical (unpaired) electrons. The van der Waals surface area contributed by atoms with Crippen molar-refractivity contribution in [1.82, 2.24) is 15.4 Å². The number of amides is 1. The number of nitrogens with zero attached hydrogens (tertiary/aromatic N) is 3. The van der Waals surface area contributed by atoms with Crippen LogP contribution in [0.5, 0.6) is 0 Å². The molecule has 214 valence electrons. The summed E-state index contributed by atoms with van der Waals surface area (Å²) in [5.41, 5.74) is 4.97. The fraction of sp³-hybridized carbons (Fsp3) is 0.467. The van der Waals surface area contributed by atoms with Gasteiger partial charge in [0.1, 0.15) is 17.2 Å². The maximum absolute atomic E-state index is 13.5. The van der Waals surface area contributed by atoms with E-state index in [-0.39, 0.29) is 24.5 Å². The maximum atomic E-state index is 13.5. The first-order valence-electron chi connectivity index (χ1n) is 13.9. The molecular formula is C30H38N4O6. The van der Waals surface area contributed by atoms with Crippen LogP contribution in [0.1, 0.15) is 38.2 Å². The van der Waals surface area contributed by atoms with Crippen LogP contribution in [0.2, 0.25) is 0 Å². The van der Waals surface area contributed by atoms with Gasteiger partial charge in [-0.2, -0.15) is 15.4 Å². The maximum Gasteiger partial charge on any atom is 0.227 e. The van der Waals surface area contributed by atoms with E-state index in [0.29, 0.717) is 77.9 Å².